The number of hydrogen-bond acceptors (Lipinski definition) is 4. The minimum Gasteiger partial charge on any atom is -0.382 e. The highest BCUT2D eigenvalue weighted by Crippen LogP contribution is 1.98. The Morgan fingerprint density at radius 2 is 1.28 bits per heavy atom. The summed E-state index contributed by atoms with van der Waals surface area (Å²) in [6.45, 7) is 0. The fourth-order valence-electron chi connectivity index (χ4n) is 1.25. The second-order valence-corrected chi connectivity index (χ2v) is 3.45. The normalized spacial score (nSPS) is 12.4. The number of amidine groups is 2. The third-order valence-electron chi connectivity index (χ3n) is 2.18. The summed E-state index contributed by atoms with van der Waals surface area (Å²) in [6.07, 6.45) is 6.53. The van der Waals surface area contributed by atoms with Crippen molar-refractivity contribution >= 4 is 11.7 Å². The van der Waals surface area contributed by atoms with Gasteiger partial charge < -0.3 is 11.5 Å². The third kappa shape index (κ3) is 2.88. The van der Waals surface area contributed by atoms with Crippen LogP contribution >= 0.6 is 0 Å². The van der Waals surface area contributed by atoms with Crippen molar-refractivity contribution in [2.24, 2.45) is 21.7 Å². The highest BCUT2D eigenvalue weighted by molar-refractivity contribution is 6.00. The number of hydrogen-bond donors (Lipinski definition) is 2. The van der Waals surface area contributed by atoms with Crippen LogP contribution in [0, 0.1) is 0 Å². The van der Waals surface area contributed by atoms with E-state index < -0.39 is 0 Å². The van der Waals surface area contributed by atoms with Crippen molar-refractivity contribution in [1.29, 1.82) is 0 Å². The van der Waals surface area contributed by atoms with Crippen LogP contribution in [0.4, 0.5) is 0 Å². The van der Waals surface area contributed by atoms with E-state index in [4.69, 9.17) is 11.5 Å². The summed E-state index contributed by atoms with van der Waals surface area (Å²) in [5.41, 5.74) is 12.9. The van der Waals surface area contributed by atoms with Crippen LogP contribution in [-0.2, 0) is 0 Å². The Morgan fingerprint density at radius 1 is 0.833 bits per heavy atom. The van der Waals surface area contributed by atoms with Gasteiger partial charge in [0.2, 0.25) is 0 Å². The Labute approximate surface area is 104 Å². The molecule has 4 N–H and O–H groups in total. The van der Waals surface area contributed by atoms with Gasteiger partial charge in [-0.2, -0.15) is 0 Å². The third-order valence-corrected chi connectivity index (χ3v) is 2.18. The van der Waals surface area contributed by atoms with Crippen molar-refractivity contribution < 1.29 is 0 Å². The van der Waals surface area contributed by atoms with Crippen molar-refractivity contribution in [2.45, 2.75) is 0 Å². The summed E-state index contributed by atoms with van der Waals surface area (Å²) in [6, 6.07) is 7.13. The van der Waals surface area contributed by atoms with Gasteiger partial charge in [-0.25, -0.2) is 0 Å². The van der Waals surface area contributed by atoms with Crippen molar-refractivity contribution in [2.75, 3.05) is 0 Å². The number of pyridine rings is 2. The summed E-state index contributed by atoms with van der Waals surface area (Å²) in [4.78, 5) is 7.88. The molecule has 0 aromatic carbocycles. The Kier molecular flexibility index (Phi) is 3.60. The monoisotopic (exact) mass is 240 g/mol. The smallest absolute Gasteiger partial charge is 0.154 e. The van der Waals surface area contributed by atoms with Gasteiger partial charge in [-0.1, -0.05) is 0 Å². The van der Waals surface area contributed by atoms with E-state index in [9.17, 15) is 0 Å². The van der Waals surface area contributed by atoms with Crippen LogP contribution in [-0.4, -0.2) is 21.6 Å². The molecule has 18 heavy (non-hydrogen) atoms. The molecule has 0 radical (unpaired) electrons. The second-order valence-electron chi connectivity index (χ2n) is 3.45. The molecule has 2 aromatic rings. The first-order chi connectivity index (χ1) is 8.77. The van der Waals surface area contributed by atoms with E-state index in [1.807, 2.05) is 0 Å². The number of nitrogens with zero attached hydrogens (tertiary/aromatic N) is 4. The van der Waals surface area contributed by atoms with Gasteiger partial charge in [-0.15, -0.1) is 10.2 Å². The lowest BCUT2D eigenvalue weighted by atomic mass is 10.3. The van der Waals surface area contributed by atoms with Gasteiger partial charge in [0.1, 0.15) is 0 Å². The molecular weight excluding hydrogens is 228 g/mol. The molecule has 0 fully saturated rings. The molecule has 0 bridgehead atoms. The van der Waals surface area contributed by atoms with Gasteiger partial charge in [0.25, 0.3) is 0 Å². The molecule has 0 unspecified atom stereocenters. The lowest BCUT2D eigenvalue weighted by Crippen LogP contribution is -2.16. The molecule has 0 aliphatic carbocycles. The van der Waals surface area contributed by atoms with E-state index in [-0.39, 0.29) is 11.7 Å². The highest BCUT2D eigenvalue weighted by atomic mass is 15.3. The molecule has 6 nitrogen and oxygen atoms in total. The van der Waals surface area contributed by atoms with Gasteiger partial charge in [-0.3, -0.25) is 9.97 Å². The van der Waals surface area contributed by atoms with Crippen LogP contribution in [0.1, 0.15) is 11.1 Å². The largest absolute Gasteiger partial charge is 0.382 e. The van der Waals surface area contributed by atoms with E-state index in [0.717, 1.165) is 0 Å². The summed E-state index contributed by atoms with van der Waals surface area (Å²) < 4.78 is 0. The summed E-state index contributed by atoms with van der Waals surface area (Å²) in [5, 5.41) is 7.72. The molecule has 0 spiro atoms. The quantitative estimate of drug-likeness (QED) is 0.463. The predicted octanol–water partition coefficient (Wildman–Crippen LogP) is 0.502. The van der Waals surface area contributed by atoms with E-state index in [1.165, 1.54) is 0 Å². The zero-order chi connectivity index (χ0) is 12.8. The van der Waals surface area contributed by atoms with E-state index >= 15 is 0 Å². The van der Waals surface area contributed by atoms with Crippen molar-refractivity contribution in [3.63, 3.8) is 0 Å². The average Bonchev–Trinajstić information content (AvgIpc) is 2.46. The van der Waals surface area contributed by atoms with Crippen LogP contribution in [0.25, 0.3) is 0 Å². The van der Waals surface area contributed by atoms with Gasteiger partial charge >= 0.3 is 0 Å². The summed E-state index contributed by atoms with van der Waals surface area (Å²) in [5.74, 6) is 0.518. The second kappa shape index (κ2) is 5.53. The highest BCUT2D eigenvalue weighted by Gasteiger charge is 1.99. The minimum absolute atomic E-state index is 0.259. The van der Waals surface area contributed by atoms with E-state index in [0.29, 0.717) is 11.1 Å². The average molecular weight is 240 g/mol. The molecule has 0 atom stereocenters. The molecule has 6 heteroatoms. The molecule has 0 amide bonds. The molecule has 0 saturated heterocycles. The molecule has 2 rings (SSSR count). The first-order valence-corrected chi connectivity index (χ1v) is 5.25. The SMILES string of the molecule is N/C(=N\N=C(/N)c1cccnc1)c1cccnc1. The van der Waals surface area contributed by atoms with Crippen LogP contribution in [0.2, 0.25) is 0 Å². The van der Waals surface area contributed by atoms with Gasteiger partial charge in [0.05, 0.1) is 0 Å². The standard InChI is InChI=1S/C12H12N6/c13-11(9-3-1-5-15-7-9)17-18-12(14)10-4-2-6-16-8-10/h1-8H,(H2,13,17)(H2,14,18). The van der Waals surface area contributed by atoms with Gasteiger partial charge in [0.15, 0.2) is 11.7 Å². The van der Waals surface area contributed by atoms with Gasteiger partial charge in [-0.05, 0) is 24.3 Å². The fraction of sp³-hybridized carbons (Fsp3) is 0. The topological polar surface area (TPSA) is 103 Å². The van der Waals surface area contributed by atoms with Crippen LogP contribution < -0.4 is 11.5 Å². The molecule has 2 heterocycles. The number of rotatable bonds is 3. The molecule has 0 saturated carbocycles. The van der Waals surface area contributed by atoms with E-state index in [1.54, 1.807) is 49.1 Å². The molecule has 0 aliphatic rings. The number of aromatic nitrogens is 2. The predicted molar refractivity (Wildman–Crippen MR) is 69.9 cm³/mol. The summed E-state index contributed by atoms with van der Waals surface area (Å²) >= 11 is 0. The van der Waals surface area contributed by atoms with Crippen LogP contribution in [0.5, 0.6) is 0 Å². The lowest BCUT2D eigenvalue weighted by molar-refractivity contribution is 1.19. The summed E-state index contributed by atoms with van der Waals surface area (Å²) in [7, 11) is 0. The Bertz CT molecular complexity index is 508. The molecular formula is C12H12N6. The zero-order valence-corrected chi connectivity index (χ0v) is 9.56. The van der Waals surface area contributed by atoms with Crippen LogP contribution in [0.3, 0.4) is 0 Å². The van der Waals surface area contributed by atoms with Gasteiger partial charge in [0, 0.05) is 35.9 Å². The fourth-order valence-corrected chi connectivity index (χ4v) is 1.25. The molecule has 2 aromatic heterocycles. The molecule has 90 valence electrons. The maximum absolute atomic E-state index is 5.75. The molecule has 0 aliphatic heterocycles. The van der Waals surface area contributed by atoms with Crippen LogP contribution in [0.15, 0.2) is 59.3 Å². The Balaban J connectivity index is 2.20. The maximum Gasteiger partial charge on any atom is 0.154 e. The maximum atomic E-state index is 5.75. The van der Waals surface area contributed by atoms with Crippen molar-refractivity contribution in [1.82, 2.24) is 9.97 Å². The van der Waals surface area contributed by atoms with Crippen molar-refractivity contribution in [3.8, 4) is 0 Å². The zero-order valence-electron chi connectivity index (χ0n) is 9.56. The first-order valence-electron chi connectivity index (χ1n) is 5.25. The lowest BCUT2D eigenvalue weighted by Gasteiger charge is -1.98. The Hall–Kier alpha value is -2.76. The number of nitrogens with two attached hydrogens (primary N) is 2. The minimum atomic E-state index is 0.259. The Morgan fingerprint density at radius 3 is 1.61 bits per heavy atom. The van der Waals surface area contributed by atoms with Crippen molar-refractivity contribution in [3.05, 3.63) is 60.2 Å². The first kappa shape index (κ1) is 11.7. The van der Waals surface area contributed by atoms with E-state index in [2.05, 4.69) is 20.2 Å².